The quantitative estimate of drug-likeness (QED) is 0.837. The van der Waals surface area contributed by atoms with Gasteiger partial charge >= 0.3 is 5.69 Å². The van der Waals surface area contributed by atoms with Gasteiger partial charge < -0.3 is 15.6 Å². The molecule has 3 N–H and O–H groups in total. The minimum absolute atomic E-state index is 0.0914. The molecule has 1 aromatic rings. The van der Waals surface area contributed by atoms with Crippen LogP contribution in [0.15, 0.2) is 29.0 Å². The number of aliphatic hydroxyl groups excluding tert-OH is 1. The summed E-state index contributed by atoms with van der Waals surface area (Å²) in [5.74, 6) is 0.0914. The van der Waals surface area contributed by atoms with Crippen LogP contribution in [0.2, 0.25) is 0 Å². The Balaban J connectivity index is 0.000000861. The lowest BCUT2D eigenvalue weighted by molar-refractivity contribution is -0.0171. The van der Waals surface area contributed by atoms with Crippen molar-refractivity contribution in [3.63, 3.8) is 0 Å². The van der Waals surface area contributed by atoms with E-state index >= 15 is 0 Å². The molecule has 1 aliphatic rings. The van der Waals surface area contributed by atoms with E-state index in [2.05, 4.69) is 4.98 Å². The molecule has 0 aliphatic carbocycles. The van der Waals surface area contributed by atoms with Gasteiger partial charge in [0.25, 0.3) is 0 Å². The van der Waals surface area contributed by atoms with E-state index in [1.54, 1.807) is 0 Å². The Hall–Kier alpha value is -1.73. The van der Waals surface area contributed by atoms with Gasteiger partial charge in [-0.25, -0.2) is 9.18 Å². The Kier molecular flexibility index (Phi) is 5.65. The zero-order valence-electron chi connectivity index (χ0n) is 10.9. The van der Waals surface area contributed by atoms with E-state index in [1.807, 2.05) is 13.8 Å². The summed E-state index contributed by atoms with van der Waals surface area (Å²) in [6.45, 7) is 3.77. The van der Waals surface area contributed by atoms with Crippen LogP contribution in [-0.4, -0.2) is 27.4 Å². The Morgan fingerprint density at radius 1 is 1.68 bits per heavy atom. The maximum Gasteiger partial charge on any atom is 0.351 e. The molecular formula is C12H18FN3O3. The van der Waals surface area contributed by atoms with Gasteiger partial charge in [0, 0.05) is 18.2 Å². The number of aliphatic hydroxyl groups is 1. The summed E-state index contributed by atoms with van der Waals surface area (Å²) < 4.78 is 19.2. The first-order chi connectivity index (χ1) is 9.15. The highest BCUT2D eigenvalue weighted by Gasteiger charge is 2.31. The molecule has 2 heterocycles. The summed E-state index contributed by atoms with van der Waals surface area (Å²) in [7, 11) is 0. The number of hydrogen-bond donors (Lipinski definition) is 2. The molecule has 1 aliphatic heterocycles. The number of nitrogens with zero attached hydrogens (tertiary/aromatic N) is 2. The van der Waals surface area contributed by atoms with Gasteiger partial charge in [0.05, 0.1) is 19.0 Å². The topological polar surface area (TPSA) is 90.4 Å². The van der Waals surface area contributed by atoms with Gasteiger partial charge in [-0.3, -0.25) is 4.57 Å². The average Bonchev–Trinajstić information content (AvgIpc) is 2.84. The van der Waals surface area contributed by atoms with Gasteiger partial charge in [0.1, 0.15) is 5.82 Å². The fourth-order valence-corrected chi connectivity index (χ4v) is 1.74. The Labute approximate surface area is 110 Å². The second-order valence-electron chi connectivity index (χ2n) is 3.72. The van der Waals surface area contributed by atoms with Crippen LogP contribution in [-0.2, 0) is 4.74 Å². The van der Waals surface area contributed by atoms with Crippen molar-refractivity contribution in [2.75, 3.05) is 12.3 Å². The number of halogens is 1. The smallest absolute Gasteiger partial charge is 0.351 e. The lowest BCUT2D eigenvalue weighted by Crippen LogP contribution is -2.28. The molecule has 0 spiro atoms. The molecule has 0 bridgehead atoms. The number of anilines is 1. The highest BCUT2D eigenvalue weighted by Crippen LogP contribution is 2.32. The second-order valence-corrected chi connectivity index (χ2v) is 3.72. The first-order valence-corrected chi connectivity index (χ1v) is 6.06. The standard InChI is InChI=1S/C10H12FN3O3.C2H6/c11-4-6-3-7(5-15)17-9(6)14-2-1-8(12)13-10(14)16;1-2/h1-2,4,7,9,15H,3,5H2,(H2,12,13,16);1-2H3/b6-4+;. The van der Waals surface area contributed by atoms with Gasteiger partial charge in [-0.2, -0.15) is 4.98 Å². The van der Waals surface area contributed by atoms with Crippen LogP contribution in [0.4, 0.5) is 10.2 Å². The molecule has 2 atom stereocenters. The minimum Gasteiger partial charge on any atom is -0.394 e. The number of ether oxygens (including phenoxy) is 1. The Bertz CT molecular complexity index is 501. The summed E-state index contributed by atoms with van der Waals surface area (Å²) in [6, 6.07) is 1.42. The van der Waals surface area contributed by atoms with Crippen molar-refractivity contribution >= 4 is 5.82 Å². The van der Waals surface area contributed by atoms with E-state index in [1.165, 1.54) is 12.3 Å². The molecule has 0 amide bonds. The number of rotatable bonds is 2. The van der Waals surface area contributed by atoms with Crippen molar-refractivity contribution in [2.24, 2.45) is 0 Å². The molecule has 0 saturated carbocycles. The molecule has 6 nitrogen and oxygen atoms in total. The van der Waals surface area contributed by atoms with E-state index in [0.717, 1.165) is 4.57 Å². The van der Waals surface area contributed by atoms with E-state index in [9.17, 15) is 9.18 Å². The van der Waals surface area contributed by atoms with Crippen molar-refractivity contribution in [3.8, 4) is 0 Å². The molecule has 1 saturated heterocycles. The number of nitrogens with two attached hydrogens (primary N) is 1. The lowest BCUT2D eigenvalue weighted by atomic mass is 10.1. The van der Waals surface area contributed by atoms with Crippen LogP contribution in [0, 0.1) is 0 Å². The largest absolute Gasteiger partial charge is 0.394 e. The zero-order chi connectivity index (χ0) is 14.4. The normalized spacial score (nSPS) is 24.1. The fourth-order valence-electron chi connectivity index (χ4n) is 1.74. The van der Waals surface area contributed by atoms with Crippen molar-refractivity contribution in [2.45, 2.75) is 32.6 Å². The molecule has 106 valence electrons. The summed E-state index contributed by atoms with van der Waals surface area (Å²) in [6.07, 6.45) is 0.653. The van der Waals surface area contributed by atoms with Crippen molar-refractivity contribution in [1.29, 1.82) is 0 Å². The molecule has 2 unspecified atom stereocenters. The van der Waals surface area contributed by atoms with Gasteiger partial charge in [0.15, 0.2) is 6.23 Å². The lowest BCUT2D eigenvalue weighted by Gasteiger charge is -2.14. The Morgan fingerprint density at radius 2 is 2.37 bits per heavy atom. The first kappa shape index (κ1) is 15.3. The van der Waals surface area contributed by atoms with Crippen molar-refractivity contribution < 1.29 is 14.2 Å². The van der Waals surface area contributed by atoms with Crippen molar-refractivity contribution in [3.05, 3.63) is 34.7 Å². The second kappa shape index (κ2) is 7.01. The zero-order valence-corrected chi connectivity index (χ0v) is 10.9. The summed E-state index contributed by atoms with van der Waals surface area (Å²) in [5.41, 5.74) is 5.02. The minimum atomic E-state index is -0.863. The average molecular weight is 271 g/mol. The maximum atomic E-state index is 12.7. The van der Waals surface area contributed by atoms with E-state index < -0.39 is 18.0 Å². The fraction of sp³-hybridized carbons (Fsp3) is 0.500. The molecule has 2 rings (SSSR count). The van der Waals surface area contributed by atoms with E-state index in [4.69, 9.17) is 15.6 Å². The first-order valence-electron chi connectivity index (χ1n) is 6.06. The predicted molar refractivity (Wildman–Crippen MR) is 69.1 cm³/mol. The monoisotopic (exact) mass is 271 g/mol. The van der Waals surface area contributed by atoms with Crippen LogP contribution in [0.5, 0.6) is 0 Å². The third-order valence-corrected chi connectivity index (χ3v) is 2.55. The van der Waals surface area contributed by atoms with Crippen LogP contribution in [0.25, 0.3) is 0 Å². The van der Waals surface area contributed by atoms with Gasteiger partial charge in [-0.15, -0.1) is 0 Å². The SMILES string of the molecule is CC.Nc1ccn(C2OC(CO)C/C2=C\F)c(=O)n1. The van der Waals surface area contributed by atoms with Crippen LogP contribution in [0.1, 0.15) is 26.5 Å². The molecule has 0 aromatic carbocycles. The predicted octanol–water partition coefficient (Wildman–Crippen LogP) is 0.985. The highest BCUT2D eigenvalue weighted by molar-refractivity contribution is 5.24. The number of aromatic nitrogens is 2. The molecule has 1 fully saturated rings. The van der Waals surface area contributed by atoms with Crippen molar-refractivity contribution in [1.82, 2.24) is 9.55 Å². The molecule has 1 aromatic heterocycles. The molecular weight excluding hydrogens is 253 g/mol. The highest BCUT2D eigenvalue weighted by atomic mass is 19.1. The third-order valence-electron chi connectivity index (χ3n) is 2.55. The number of nitrogen functional groups attached to an aromatic ring is 1. The molecule has 7 heteroatoms. The molecule has 19 heavy (non-hydrogen) atoms. The van der Waals surface area contributed by atoms with Gasteiger partial charge in [-0.1, -0.05) is 13.8 Å². The Morgan fingerprint density at radius 3 is 2.89 bits per heavy atom. The van der Waals surface area contributed by atoms with Gasteiger partial charge in [0.2, 0.25) is 0 Å². The summed E-state index contributed by atoms with van der Waals surface area (Å²) >= 11 is 0. The van der Waals surface area contributed by atoms with Crippen LogP contribution < -0.4 is 11.4 Å². The summed E-state index contributed by atoms with van der Waals surface area (Å²) in [4.78, 5) is 15.1. The summed E-state index contributed by atoms with van der Waals surface area (Å²) in [5, 5.41) is 8.96. The van der Waals surface area contributed by atoms with E-state index in [0.29, 0.717) is 6.33 Å². The number of hydrogen-bond acceptors (Lipinski definition) is 5. The van der Waals surface area contributed by atoms with Crippen LogP contribution >= 0.6 is 0 Å². The van der Waals surface area contributed by atoms with Crippen LogP contribution in [0.3, 0.4) is 0 Å². The van der Waals surface area contributed by atoms with Gasteiger partial charge in [-0.05, 0) is 6.07 Å². The molecule has 0 radical (unpaired) electrons. The maximum absolute atomic E-state index is 12.7. The van der Waals surface area contributed by atoms with E-state index in [-0.39, 0.29) is 24.4 Å². The third kappa shape index (κ3) is 3.39.